The molecule has 11 heteroatoms. The number of benzene rings is 3. The predicted octanol–water partition coefficient (Wildman–Crippen LogP) is 6.09. The number of alkyl halides is 3. The average molecular weight is 590 g/mol. The normalized spacial score (nSPS) is 14.2. The molecule has 0 aliphatic carbocycles. The fraction of sp³-hybridized carbons (Fsp3) is 0.161. The maximum atomic E-state index is 13.5. The average Bonchev–Trinajstić information content (AvgIpc) is 3.48. The van der Waals surface area contributed by atoms with Gasteiger partial charge in [-0.05, 0) is 42.5 Å². The van der Waals surface area contributed by atoms with Gasteiger partial charge in [0.1, 0.15) is 5.82 Å². The van der Waals surface area contributed by atoms with Crippen LogP contribution < -0.4 is 10.2 Å². The van der Waals surface area contributed by atoms with Crippen molar-refractivity contribution in [3.8, 4) is 0 Å². The van der Waals surface area contributed by atoms with Gasteiger partial charge in [-0.15, -0.1) is 0 Å². The molecule has 6 aromatic rings. The van der Waals surface area contributed by atoms with Crippen molar-refractivity contribution in [2.45, 2.75) is 11.1 Å². The van der Waals surface area contributed by atoms with E-state index >= 15 is 0 Å². The van der Waals surface area contributed by atoms with E-state index < -0.39 is 26.7 Å². The molecule has 0 atom stereocenters. The summed E-state index contributed by atoms with van der Waals surface area (Å²) >= 11 is 0. The number of nitrogens with one attached hydrogen (secondary N) is 1. The van der Waals surface area contributed by atoms with Crippen LogP contribution >= 0.6 is 0 Å². The van der Waals surface area contributed by atoms with Crippen molar-refractivity contribution in [1.29, 1.82) is 0 Å². The van der Waals surface area contributed by atoms with Crippen molar-refractivity contribution in [3.05, 3.63) is 109 Å². The van der Waals surface area contributed by atoms with Gasteiger partial charge in [0.15, 0.2) is 0 Å². The fourth-order valence-corrected chi connectivity index (χ4v) is 6.50. The summed E-state index contributed by atoms with van der Waals surface area (Å²) in [7, 11) is -4.29. The Labute approximate surface area is 240 Å². The number of para-hydroxylation sites is 2. The molecule has 1 aliphatic rings. The Bertz CT molecular complexity index is 1940. The number of hydrogen-bond donors (Lipinski definition) is 1. The summed E-state index contributed by atoms with van der Waals surface area (Å²) in [4.78, 5) is 10.6. The highest BCUT2D eigenvalue weighted by molar-refractivity contribution is 7.90. The first kappa shape index (κ1) is 27.7. The Balaban J connectivity index is 0.000000265. The number of anilines is 1. The highest BCUT2D eigenvalue weighted by atomic mass is 32.2. The highest BCUT2D eigenvalue weighted by Crippen LogP contribution is 2.36. The Morgan fingerprint density at radius 3 is 2.26 bits per heavy atom. The predicted molar refractivity (Wildman–Crippen MR) is 158 cm³/mol. The fourth-order valence-electron chi connectivity index (χ4n) is 5.08. The lowest BCUT2D eigenvalue weighted by Crippen LogP contribution is -2.44. The third-order valence-corrected chi connectivity index (χ3v) is 8.80. The van der Waals surface area contributed by atoms with Crippen molar-refractivity contribution in [2.24, 2.45) is 0 Å². The molecular weight excluding hydrogens is 563 g/mol. The van der Waals surface area contributed by atoms with Crippen LogP contribution in [0.3, 0.4) is 0 Å². The maximum Gasteiger partial charge on any atom is 0.416 e. The van der Waals surface area contributed by atoms with E-state index in [-0.39, 0.29) is 0 Å². The van der Waals surface area contributed by atoms with E-state index in [0.717, 1.165) is 34.7 Å². The van der Waals surface area contributed by atoms with E-state index in [1.54, 1.807) is 24.3 Å². The first-order valence-corrected chi connectivity index (χ1v) is 14.8. The third-order valence-electron chi connectivity index (χ3n) is 7.13. The van der Waals surface area contributed by atoms with Gasteiger partial charge >= 0.3 is 6.18 Å². The smallest absolute Gasteiger partial charge is 0.353 e. The molecule has 1 aliphatic heterocycles. The zero-order chi connectivity index (χ0) is 29.3. The van der Waals surface area contributed by atoms with Gasteiger partial charge in [0, 0.05) is 54.7 Å². The topological polar surface area (TPSA) is 80.1 Å². The zero-order valence-corrected chi connectivity index (χ0v) is 23.1. The summed E-state index contributed by atoms with van der Waals surface area (Å²) in [5.74, 6) is 0.665. The zero-order valence-electron chi connectivity index (χ0n) is 22.3. The quantitative estimate of drug-likeness (QED) is 0.269. The van der Waals surface area contributed by atoms with Crippen LogP contribution in [0.15, 0.2) is 108 Å². The SMILES string of the molecule is O=S(=O)(c1cccc(C(F)(F)F)c1)n1ccc2c(N3CCNCC3)nc3ccccc3c21.c1ccc2ncccc2c1. The molecule has 1 N–H and O–H groups in total. The molecule has 1 fully saturated rings. The molecule has 0 unspecified atom stereocenters. The molecular formula is C31H26F3N5O2S. The molecule has 4 heterocycles. The second-order valence-corrected chi connectivity index (χ2v) is 11.6. The van der Waals surface area contributed by atoms with Crippen LogP contribution in [-0.2, 0) is 16.2 Å². The van der Waals surface area contributed by atoms with Gasteiger partial charge in [-0.1, -0.05) is 48.5 Å². The molecule has 0 bridgehead atoms. The molecule has 0 saturated carbocycles. The van der Waals surface area contributed by atoms with Gasteiger partial charge in [0.2, 0.25) is 0 Å². The molecule has 0 spiro atoms. The van der Waals surface area contributed by atoms with Crippen molar-refractivity contribution in [1.82, 2.24) is 19.3 Å². The third kappa shape index (κ3) is 5.28. The molecule has 214 valence electrons. The Morgan fingerprint density at radius 2 is 1.50 bits per heavy atom. The lowest BCUT2D eigenvalue weighted by molar-refractivity contribution is -0.137. The van der Waals surface area contributed by atoms with Crippen LogP contribution in [0, 0.1) is 0 Å². The second kappa shape index (κ2) is 11.1. The van der Waals surface area contributed by atoms with Crippen LogP contribution in [0.25, 0.3) is 32.7 Å². The highest BCUT2D eigenvalue weighted by Gasteiger charge is 2.32. The largest absolute Gasteiger partial charge is 0.416 e. The van der Waals surface area contributed by atoms with E-state index in [0.29, 0.717) is 46.8 Å². The molecule has 0 radical (unpaired) electrons. The molecule has 7 nitrogen and oxygen atoms in total. The van der Waals surface area contributed by atoms with Gasteiger partial charge in [-0.2, -0.15) is 13.2 Å². The lowest BCUT2D eigenvalue weighted by atomic mass is 10.1. The number of hydrogen-bond acceptors (Lipinski definition) is 6. The van der Waals surface area contributed by atoms with Crippen LogP contribution in [0.5, 0.6) is 0 Å². The van der Waals surface area contributed by atoms with Crippen molar-refractivity contribution < 1.29 is 21.6 Å². The van der Waals surface area contributed by atoms with Gasteiger partial charge in [-0.25, -0.2) is 17.4 Å². The summed E-state index contributed by atoms with van der Waals surface area (Å²) in [6.07, 6.45) is -1.45. The summed E-state index contributed by atoms with van der Waals surface area (Å²) in [5, 5.41) is 5.73. The Kier molecular flexibility index (Phi) is 7.29. The number of nitrogens with zero attached hydrogens (tertiary/aromatic N) is 4. The second-order valence-electron chi connectivity index (χ2n) is 9.79. The minimum absolute atomic E-state index is 0.404. The van der Waals surface area contributed by atoms with Crippen LogP contribution in [0.1, 0.15) is 5.56 Å². The summed E-state index contributed by atoms with van der Waals surface area (Å²) in [5.41, 5.74) is 1.07. The number of halogens is 3. The van der Waals surface area contributed by atoms with E-state index in [9.17, 15) is 21.6 Å². The summed E-state index contributed by atoms with van der Waals surface area (Å²) in [6.45, 7) is 2.98. The number of aromatic nitrogens is 3. The molecule has 0 amide bonds. The minimum atomic E-state index is -4.64. The van der Waals surface area contributed by atoms with Gasteiger partial charge in [-0.3, -0.25) is 4.98 Å². The van der Waals surface area contributed by atoms with Gasteiger partial charge in [0.25, 0.3) is 10.0 Å². The first-order chi connectivity index (χ1) is 20.2. The number of pyridine rings is 2. The Hall–Kier alpha value is -4.48. The van der Waals surface area contributed by atoms with E-state index in [1.165, 1.54) is 17.6 Å². The first-order valence-electron chi connectivity index (χ1n) is 13.3. The molecule has 1 saturated heterocycles. The van der Waals surface area contributed by atoms with Gasteiger partial charge < -0.3 is 10.2 Å². The standard InChI is InChI=1S/C22H19F3N4O2S.C9H7N/c23-22(24,25)15-4-3-5-16(14-15)32(30,31)29-11-8-18-20(29)17-6-1-2-7-19(17)27-21(18)28-12-9-26-10-13-28;1-2-6-9-8(4-1)5-3-7-10-9/h1-8,11,14,26H,9-10,12-13H2;1-7H. The summed E-state index contributed by atoms with van der Waals surface area (Å²) < 4.78 is 67.6. The monoisotopic (exact) mass is 589 g/mol. The maximum absolute atomic E-state index is 13.5. The van der Waals surface area contributed by atoms with Crippen molar-refractivity contribution in [3.63, 3.8) is 0 Å². The van der Waals surface area contributed by atoms with Crippen LogP contribution in [-0.4, -0.2) is 48.5 Å². The number of fused-ring (bicyclic) bond motifs is 4. The Morgan fingerprint density at radius 1 is 0.786 bits per heavy atom. The molecule has 3 aromatic heterocycles. The lowest BCUT2D eigenvalue weighted by Gasteiger charge is -2.29. The van der Waals surface area contributed by atoms with E-state index in [2.05, 4.69) is 27.3 Å². The van der Waals surface area contributed by atoms with Crippen LogP contribution in [0.2, 0.25) is 0 Å². The number of rotatable bonds is 3. The van der Waals surface area contributed by atoms with Gasteiger partial charge in [0.05, 0.1) is 27.0 Å². The molecule has 42 heavy (non-hydrogen) atoms. The van der Waals surface area contributed by atoms with E-state index in [4.69, 9.17) is 4.98 Å². The molecule has 7 rings (SSSR count). The molecule has 3 aromatic carbocycles. The van der Waals surface area contributed by atoms with E-state index in [1.807, 2.05) is 36.5 Å². The number of piperazine rings is 1. The van der Waals surface area contributed by atoms with Crippen molar-refractivity contribution >= 4 is 48.5 Å². The summed E-state index contributed by atoms with van der Waals surface area (Å²) in [6, 6.07) is 24.7. The van der Waals surface area contributed by atoms with Crippen LogP contribution in [0.4, 0.5) is 19.0 Å². The minimum Gasteiger partial charge on any atom is -0.353 e. The van der Waals surface area contributed by atoms with Crippen molar-refractivity contribution in [2.75, 3.05) is 31.1 Å².